The average Bonchev–Trinajstić information content (AvgIpc) is 4.06. The molecule has 0 nitrogen and oxygen atoms in total. The molecule has 2 saturated carbocycles. The van der Waals surface area contributed by atoms with Crippen molar-refractivity contribution in [1.82, 2.24) is 0 Å². The summed E-state index contributed by atoms with van der Waals surface area (Å²) in [5.74, 6) is 2.33. The summed E-state index contributed by atoms with van der Waals surface area (Å²) in [5.41, 5.74) is 20.7. The molecule has 4 aromatic rings. The van der Waals surface area contributed by atoms with Crippen LogP contribution in [0.2, 0.25) is 0 Å². The van der Waals surface area contributed by atoms with Gasteiger partial charge in [-0.15, -0.1) is 6.58 Å². The van der Waals surface area contributed by atoms with E-state index < -0.39 is 0 Å². The lowest BCUT2D eigenvalue weighted by atomic mass is 9.70. The van der Waals surface area contributed by atoms with Crippen LogP contribution in [0.4, 0.5) is 0 Å². The molecule has 8 rings (SSSR count). The molecule has 286 valence electrons. The van der Waals surface area contributed by atoms with Crippen LogP contribution in [0.5, 0.6) is 0 Å². The van der Waals surface area contributed by atoms with Gasteiger partial charge in [0, 0.05) is 11.8 Å². The van der Waals surface area contributed by atoms with Crippen molar-refractivity contribution in [3.8, 4) is 22.3 Å². The predicted molar refractivity (Wildman–Crippen MR) is 239 cm³/mol. The van der Waals surface area contributed by atoms with E-state index in [1.165, 1.54) is 92.4 Å². The molecular weight excluding hydrogens is 661 g/mol. The van der Waals surface area contributed by atoms with Gasteiger partial charge in [0.05, 0.1) is 0 Å². The van der Waals surface area contributed by atoms with Gasteiger partial charge in [0.1, 0.15) is 0 Å². The Bertz CT molecular complexity index is 2010. The smallest absolute Gasteiger partial charge is 0.0132 e. The second kappa shape index (κ2) is 13.1. The molecular formula is C55H66. The second-order valence-electron chi connectivity index (χ2n) is 21.8. The lowest BCUT2D eigenvalue weighted by molar-refractivity contribution is 0.484. The molecule has 2 atom stereocenters. The molecule has 0 aromatic heterocycles. The highest BCUT2D eigenvalue weighted by molar-refractivity contribution is 5.85. The minimum absolute atomic E-state index is 0.0715. The Morgan fingerprint density at radius 2 is 0.818 bits per heavy atom. The van der Waals surface area contributed by atoms with Gasteiger partial charge in [-0.25, -0.2) is 0 Å². The van der Waals surface area contributed by atoms with Crippen molar-refractivity contribution >= 4 is 12.2 Å². The topological polar surface area (TPSA) is 0 Å². The van der Waals surface area contributed by atoms with E-state index in [9.17, 15) is 0 Å². The zero-order valence-electron chi connectivity index (χ0n) is 36.1. The Morgan fingerprint density at radius 3 is 1.09 bits per heavy atom. The largest absolute Gasteiger partial charge is 0.103 e. The fraction of sp³-hybridized carbons (Fsp3) is 0.455. The van der Waals surface area contributed by atoms with Crippen molar-refractivity contribution in [2.24, 2.45) is 17.8 Å². The highest BCUT2D eigenvalue weighted by Crippen LogP contribution is 2.61. The van der Waals surface area contributed by atoms with E-state index in [0.717, 1.165) is 0 Å². The molecule has 0 heterocycles. The van der Waals surface area contributed by atoms with Crippen LogP contribution in [0.25, 0.3) is 34.4 Å². The maximum atomic E-state index is 4.69. The molecule has 0 heteroatoms. The van der Waals surface area contributed by atoms with Crippen molar-refractivity contribution in [3.63, 3.8) is 0 Å². The van der Waals surface area contributed by atoms with Crippen LogP contribution >= 0.6 is 0 Å². The van der Waals surface area contributed by atoms with E-state index in [-0.39, 0.29) is 21.7 Å². The molecule has 4 aromatic carbocycles. The van der Waals surface area contributed by atoms with E-state index in [4.69, 9.17) is 0 Å². The summed E-state index contributed by atoms with van der Waals surface area (Å²) in [6, 6.07) is 29.2. The highest BCUT2D eigenvalue weighted by atomic mass is 14.5. The fourth-order valence-corrected chi connectivity index (χ4v) is 9.61. The Hall–Kier alpha value is -3.90. The molecule has 0 N–H and O–H groups in total. The van der Waals surface area contributed by atoms with Gasteiger partial charge in [-0.1, -0.05) is 185 Å². The van der Waals surface area contributed by atoms with Gasteiger partial charge < -0.3 is 0 Å². The van der Waals surface area contributed by atoms with Crippen molar-refractivity contribution in [2.75, 3.05) is 0 Å². The van der Waals surface area contributed by atoms with Crippen LogP contribution < -0.4 is 0 Å². The number of hydrogen-bond acceptors (Lipinski definition) is 0. The molecule has 55 heavy (non-hydrogen) atoms. The quantitative estimate of drug-likeness (QED) is 0.166. The van der Waals surface area contributed by atoms with E-state index in [1.807, 2.05) is 0 Å². The first-order valence-electron chi connectivity index (χ1n) is 21.4. The van der Waals surface area contributed by atoms with Gasteiger partial charge in [-0.3, -0.25) is 0 Å². The second-order valence-corrected chi connectivity index (χ2v) is 21.8. The van der Waals surface area contributed by atoms with Gasteiger partial charge >= 0.3 is 0 Å². The standard InChI is InChI=1S/C55H66/c1-14-41(50-44-19-15-17-42(48(44)31-46(50)33-21-22-33)35-25-37(52(2,3)4)29-38(26-35)53(5,6)7)51-45-20-16-18-43(49(45)32-47(51)34-23-24-34)36-27-39(54(8,9)10)30-40(28-36)55(11,12)13/h14-20,25-34,41,50-51H,1,21-24H2,2-13H3. The van der Waals surface area contributed by atoms with Crippen molar-refractivity contribution < 1.29 is 0 Å². The summed E-state index contributed by atoms with van der Waals surface area (Å²) in [7, 11) is 0. The van der Waals surface area contributed by atoms with Crippen LogP contribution in [0.15, 0.2) is 96.6 Å². The molecule has 4 aliphatic carbocycles. The number of fused-ring (bicyclic) bond motifs is 2. The summed E-state index contributed by atoms with van der Waals surface area (Å²) >= 11 is 0. The Morgan fingerprint density at radius 1 is 0.491 bits per heavy atom. The van der Waals surface area contributed by atoms with Crippen molar-refractivity contribution in [2.45, 2.75) is 142 Å². The SMILES string of the molecule is C=CC(C1C(C2CC2)=Cc2c(-c3cc(C(C)(C)C)cc(C(C)(C)C)c3)cccc21)C1C(C2CC2)=Cc2c(-c3cc(C(C)(C)C)cc(C(C)(C)C)c3)cccc21. The summed E-state index contributed by atoms with van der Waals surface area (Å²) in [5, 5.41) is 0. The van der Waals surface area contributed by atoms with Gasteiger partial charge in [0.2, 0.25) is 0 Å². The van der Waals surface area contributed by atoms with Crippen LogP contribution in [0.1, 0.15) is 165 Å². The number of rotatable bonds is 7. The molecule has 0 spiro atoms. The monoisotopic (exact) mass is 727 g/mol. The number of hydrogen-bond donors (Lipinski definition) is 0. The van der Waals surface area contributed by atoms with E-state index >= 15 is 0 Å². The minimum atomic E-state index is 0.0715. The van der Waals surface area contributed by atoms with E-state index in [2.05, 4.69) is 181 Å². The van der Waals surface area contributed by atoms with Gasteiger partial charge in [0.15, 0.2) is 0 Å². The Kier molecular flexibility index (Phi) is 9.04. The highest BCUT2D eigenvalue weighted by Gasteiger charge is 2.47. The van der Waals surface area contributed by atoms with E-state index in [0.29, 0.717) is 29.6 Å². The summed E-state index contributed by atoms with van der Waals surface area (Å²) < 4.78 is 0. The van der Waals surface area contributed by atoms with Crippen LogP contribution in [-0.4, -0.2) is 0 Å². The zero-order chi connectivity index (χ0) is 39.4. The molecule has 0 radical (unpaired) electrons. The fourth-order valence-electron chi connectivity index (χ4n) is 9.61. The van der Waals surface area contributed by atoms with Gasteiger partial charge in [0.25, 0.3) is 0 Å². The molecule has 0 saturated heterocycles. The first-order valence-corrected chi connectivity index (χ1v) is 21.4. The molecule has 4 aliphatic rings. The Balaban J connectivity index is 1.27. The van der Waals surface area contributed by atoms with Crippen molar-refractivity contribution in [3.05, 3.63) is 141 Å². The lowest BCUT2D eigenvalue weighted by Gasteiger charge is -2.33. The molecule has 0 aliphatic heterocycles. The van der Waals surface area contributed by atoms with Crippen LogP contribution in [0.3, 0.4) is 0 Å². The summed E-state index contributed by atoms with van der Waals surface area (Å²) in [6.07, 6.45) is 12.9. The lowest BCUT2D eigenvalue weighted by Crippen LogP contribution is -2.21. The number of benzene rings is 4. The van der Waals surface area contributed by atoms with Gasteiger partial charge in [-0.05, 0) is 132 Å². The summed E-state index contributed by atoms with van der Waals surface area (Å²) in [4.78, 5) is 0. The molecule has 0 bridgehead atoms. The van der Waals surface area contributed by atoms with Crippen molar-refractivity contribution in [1.29, 1.82) is 0 Å². The third-order valence-electron chi connectivity index (χ3n) is 13.4. The van der Waals surface area contributed by atoms with Crippen LogP contribution in [0, 0.1) is 17.8 Å². The minimum Gasteiger partial charge on any atom is -0.103 e. The van der Waals surface area contributed by atoms with E-state index in [1.54, 1.807) is 11.1 Å². The average molecular weight is 727 g/mol. The summed E-state index contributed by atoms with van der Waals surface area (Å²) in [6.45, 7) is 32.9. The number of allylic oxidation sites excluding steroid dienone is 3. The predicted octanol–water partition coefficient (Wildman–Crippen LogP) is 15.5. The maximum absolute atomic E-state index is 4.69. The Labute approximate surface area is 334 Å². The maximum Gasteiger partial charge on any atom is 0.0132 e. The first kappa shape index (κ1) is 38.0. The third-order valence-corrected chi connectivity index (χ3v) is 13.4. The molecule has 0 amide bonds. The third kappa shape index (κ3) is 7.06. The molecule has 2 fully saturated rings. The normalized spacial score (nSPS) is 20.5. The van der Waals surface area contributed by atoms with Gasteiger partial charge in [-0.2, -0.15) is 0 Å². The molecule has 2 unspecified atom stereocenters. The van der Waals surface area contributed by atoms with Crippen LogP contribution in [-0.2, 0) is 21.7 Å². The first-order chi connectivity index (χ1) is 25.7. The zero-order valence-corrected chi connectivity index (χ0v) is 36.1.